The molecule has 11 heteroatoms. The number of hydrogen-bond donors (Lipinski definition) is 0. The van der Waals surface area contributed by atoms with Crippen molar-refractivity contribution in [2.24, 2.45) is 0 Å². The number of fused-ring (bicyclic) bond motifs is 2. The van der Waals surface area contributed by atoms with Crippen LogP contribution in [0.3, 0.4) is 0 Å². The van der Waals surface area contributed by atoms with E-state index in [-0.39, 0.29) is 24.7 Å². The van der Waals surface area contributed by atoms with Gasteiger partial charge in [-0.3, -0.25) is 4.79 Å². The van der Waals surface area contributed by atoms with Gasteiger partial charge in [0.25, 0.3) is 11.7 Å². The molecule has 0 saturated carbocycles. The number of aromatic nitrogens is 4. The maximum atomic E-state index is 13.2. The van der Waals surface area contributed by atoms with E-state index in [0.29, 0.717) is 30.0 Å². The SMILES string of the molecule is O=C(C1CN(c2ccc3nnc(C(F)(F)F)n3n2)CCO1)N1CCc2ccccc2C1. The summed E-state index contributed by atoms with van der Waals surface area (Å²) in [5, 5.41) is 10.8. The second-order valence-electron chi connectivity index (χ2n) is 7.57. The van der Waals surface area contributed by atoms with Gasteiger partial charge in [0.2, 0.25) is 0 Å². The Bertz CT molecular complexity index is 1130. The summed E-state index contributed by atoms with van der Waals surface area (Å²) in [5.41, 5.74) is 2.36. The van der Waals surface area contributed by atoms with Gasteiger partial charge in [-0.15, -0.1) is 15.3 Å². The smallest absolute Gasteiger partial charge is 0.365 e. The summed E-state index contributed by atoms with van der Waals surface area (Å²) < 4.78 is 45.9. The van der Waals surface area contributed by atoms with E-state index in [0.717, 1.165) is 12.0 Å². The summed E-state index contributed by atoms with van der Waals surface area (Å²) in [6, 6.07) is 11.0. The van der Waals surface area contributed by atoms with Crippen LogP contribution in [0, 0.1) is 0 Å². The van der Waals surface area contributed by atoms with Crippen LogP contribution in [0.4, 0.5) is 19.0 Å². The van der Waals surface area contributed by atoms with Gasteiger partial charge in [0.15, 0.2) is 11.8 Å². The Balaban J connectivity index is 1.34. The number of ether oxygens (including phenoxy) is 1. The molecule has 0 bridgehead atoms. The van der Waals surface area contributed by atoms with Gasteiger partial charge in [-0.2, -0.15) is 17.7 Å². The fourth-order valence-corrected chi connectivity index (χ4v) is 4.02. The quantitative estimate of drug-likeness (QED) is 0.616. The second-order valence-corrected chi connectivity index (χ2v) is 7.57. The Kier molecular flexibility index (Phi) is 4.77. The zero-order chi connectivity index (χ0) is 21.6. The average molecular weight is 432 g/mol. The third-order valence-electron chi connectivity index (χ3n) is 5.61. The summed E-state index contributed by atoms with van der Waals surface area (Å²) in [4.78, 5) is 16.6. The second kappa shape index (κ2) is 7.49. The molecule has 1 aromatic carbocycles. The number of anilines is 1. The largest absolute Gasteiger partial charge is 0.453 e. The third kappa shape index (κ3) is 3.69. The standard InChI is InChI=1S/C20H19F3N6O2/c21-20(22,23)19-25-24-16-5-6-17(26-29(16)19)27-9-10-31-15(12-27)18(30)28-8-7-13-3-1-2-4-14(13)11-28/h1-6,15H,7-12H2. The molecule has 1 unspecified atom stereocenters. The molecule has 0 spiro atoms. The van der Waals surface area contributed by atoms with Crippen LogP contribution in [0.25, 0.3) is 5.65 Å². The molecule has 4 heterocycles. The van der Waals surface area contributed by atoms with E-state index in [4.69, 9.17) is 4.74 Å². The van der Waals surface area contributed by atoms with Crippen molar-refractivity contribution in [2.45, 2.75) is 25.2 Å². The number of benzene rings is 1. The zero-order valence-corrected chi connectivity index (χ0v) is 16.4. The van der Waals surface area contributed by atoms with Crippen molar-refractivity contribution < 1.29 is 22.7 Å². The lowest BCUT2D eigenvalue weighted by atomic mass is 9.99. The number of amides is 1. The Morgan fingerprint density at radius 1 is 1.06 bits per heavy atom. The van der Waals surface area contributed by atoms with E-state index in [1.807, 2.05) is 18.2 Å². The molecule has 1 amide bonds. The highest BCUT2D eigenvalue weighted by Crippen LogP contribution is 2.28. The van der Waals surface area contributed by atoms with E-state index in [9.17, 15) is 18.0 Å². The fourth-order valence-electron chi connectivity index (χ4n) is 4.02. The predicted molar refractivity (Wildman–Crippen MR) is 103 cm³/mol. The number of halogens is 3. The highest BCUT2D eigenvalue weighted by atomic mass is 19.4. The van der Waals surface area contributed by atoms with Crippen LogP contribution < -0.4 is 4.90 Å². The first-order valence-electron chi connectivity index (χ1n) is 9.92. The molecule has 1 atom stereocenters. The minimum absolute atomic E-state index is 0.00365. The molecule has 0 aliphatic carbocycles. The van der Waals surface area contributed by atoms with Crippen LogP contribution in [0.1, 0.15) is 17.0 Å². The lowest BCUT2D eigenvalue weighted by Gasteiger charge is -2.37. The van der Waals surface area contributed by atoms with Gasteiger partial charge in [-0.25, -0.2) is 0 Å². The molecule has 1 fully saturated rings. The molecule has 5 rings (SSSR count). The van der Waals surface area contributed by atoms with Crippen LogP contribution in [-0.2, 0) is 28.7 Å². The molecule has 162 valence electrons. The van der Waals surface area contributed by atoms with Gasteiger partial charge in [-0.05, 0) is 29.7 Å². The van der Waals surface area contributed by atoms with Gasteiger partial charge >= 0.3 is 6.18 Å². The third-order valence-corrected chi connectivity index (χ3v) is 5.61. The van der Waals surface area contributed by atoms with Gasteiger partial charge in [0, 0.05) is 19.6 Å². The van der Waals surface area contributed by atoms with Crippen LogP contribution in [-0.4, -0.2) is 63.0 Å². The predicted octanol–water partition coefficient (Wildman–Crippen LogP) is 1.93. The Morgan fingerprint density at radius 2 is 1.87 bits per heavy atom. The fraction of sp³-hybridized carbons (Fsp3) is 0.400. The number of alkyl halides is 3. The van der Waals surface area contributed by atoms with E-state index in [1.54, 1.807) is 15.9 Å². The van der Waals surface area contributed by atoms with Crippen molar-refractivity contribution in [3.63, 3.8) is 0 Å². The average Bonchev–Trinajstić information content (AvgIpc) is 3.22. The zero-order valence-electron chi connectivity index (χ0n) is 16.4. The minimum Gasteiger partial charge on any atom is -0.365 e. The number of morpholine rings is 1. The van der Waals surface area contributed by atoms with Gasteiger partial charge in [0.1, 0.15) is 5.82 Å². The summed E-state index contributed by atoms with van der Waals surface area (Å²) in [6.45, 7) is 2.02. The first-order valence-corrected chi connectivity index (χ1v) is 9.92. The molecule has 2 aromatic heterocycles. The van der Waals surface area contributed by atoms with Crippen LogP contribution in [0.5, 0.6) is 0 Å². The Labute approximate surface area is 175 Å². The van der Waals surface area contributed by atoms with Crippen LogP contribution >= 0.6 is 0 Å². The van der Waals surface area contributed by atoms with E-state index in [1.165, 1.54) is 11.6 Å². The van der Waals surface area contributed by atoms with Crippen molar-refractivity contribution in [3.05, 3.63) is 53.3 Å². The molecular weight excluding hydrogens is 413 g/mol. The molecule has 2 aliphatic rings. The van der Waals surface area contributed by atoms with Crippen LogP contribution in [0.2, 0.25) is 0 Å². The molecule has 8 nitrogen and oxygen atoms in total. The Morgan fingerprint density at radius 3 is 2.68 bits per heavy atom. The monoisotopic (exact) mass is 432 g/mol. The summed E-state index contributed by atoms with van der Waals surface area (Å²) in [5.74, 6) is -0.999. The van der Waals surface area contributed by atoms with Crippen molar-refractivity contribution in [1.29, 1.82) is 0 Å². The number of carbonyl (C=O) groups excluding carboxylic acids is 1. The summed E-state index contributed by atoms with van der Waals surface area (Å²) in [7, 11) is 0. The van der Waals surface area contributed by atoms with E-state index < -0.39 is 18.1 Å². The van der Waals surface area contributed by atoms with Crippen molar-refractivity contribution in [1.82, 2.24) is 24.7 Å². The van der Waals surface area contributed by atoms with Crippen LogP contribution in [0.15, 0.2) is 36.4 Å². The van der Waals surface area contributed by atoms with Gasteiger partial charge in [-0.1, -0.05) is 24.3 Å². The number of hydrogen-bond acceptors (Lipinski definition) is 6. The molecule has 1 saturated heterocycles. The van der Waals surface area contributed by atoms with Crippen molar-refractivity contribution in [3.8, 4) is 0 Å². The van der Waals surface area contributed by atoms with Crippen molar-refractivity contribution in [2.75, 3.05) is 31.1 Å². The molecule has 31 heavy (non-hydrogen) atoms. The molecule has 0 radical (unpaired) electrons. The summed E-state index contributed by atoms with van der Waals surface area (Å²) in [6.07, 6.45) is -4.59. The molecule has 0 N–H and O–H groups in total. The lowest BCUT2D eigenvalue weighted by Crippen LogP contribution is -2.52. The molecule has 2 aliphatic heterocycles. The summed E-state index contributed by atoms with van der Waals surface area (Å²) >= 11 is 0. The van der Waals surface area contributed by atoms with E-state index >= 15 is 0 Å². The van der Waals surface area contributed by atoms with Crippen molar-refractivity contribution >= 4 is 17.4 Å². The number of rotatable bonds is 2. The lowest BCUT2D eigenvalue weighted by molar-refractivity contribution is -0.146. The normalized spacial score (nSPS) is 19.5. The number of carbonyl (C=O) groups is 1. The Hall–Kier alpha value is -3.21. The minimum atomic E-state index is -4.67. The molecular formula is C20H19F3N6O2. The number of nitrogens with zero attached hydrogens (tertiary/aromatic N) is 6. The first kappa shape index (κ1) is 19.7. The highest BCUT2D eigenvalue weighted by Gasteiger charge is 2.38. The highest BCUT2D eigenvalue weighted by molar-refractivity contribution is 5.82. The maximum absolute atomic E-state index is 13.2. The van der Waals surface area contributed by atoms with Gasteiger partial charge < -0.3 is 14.5 Å². The maximum Gasteiger partial charge on any atom is 0.453 e. The topological polar surface area (TPSA) is 75.9 Å². The first-order chi connectivity index (χ1) is 14.9. The molecule has 3 aromatic rings. The van der Waals surface area contributed by atoms with E-state index in [2.05, 4.69) is 21.4 Å². The van der Waals surface area contributed by atoms with Gasteiger partial charge in [0.05, 0.1) is 13.2 Å².